The van der Waals surface area contributed by atoms with Gasteiger partial charge in [0.05, 0.1) is 11.6 Å². The molecular formula is C13H28N2O2. The Hall–Kier alpha value is -0.610. The smallest absolute Gasteiger partial charge is 0.237 e. The Bertz CT molecular complexity index is 221. The van der Waals surface area contributed by atoms with Crippen molar-refractivity contribution in [3.05, 3.63) is 0 Å². The average Bonchev–Trinajstić information content (AvgIpc) is 2.24. The molecule has 0 saturated carbocycles. The monoisotopic (exact) mass is 244 g/mol. The third kappa shape index (κ3) is 6.64. The second kappa shape index (κ2) is 8.48. The number of carbonyl (C=O) groups is 1. The summed E-state index contributed by atoms with van der Waals surface area (Å²) in [5.41, 5.74) is 4.76. The number of amides is 1. The summed E-state index contributed by atoms with van der Waals surface area (Å²) in [6.45, 7) is 9.44. The van der Waals surface area contributed by atoms with Crippen LogP contribution in [0.3, 0.4) is 0 Å². The van der Waals surface area contributed by atoms with Crippen molar-refractivity contribution in [1.82, 2.24) is 5.32 Å². The molecule has 2 atom stereocenters. The minimum absolute atomic E-state index is 0.0448. The number of unbranched alkanes of at least 4 members (excludes halogenated alkanes) is 2. The molecule has 0 bridgehead atoms. The zero-order valence-electron chi connectivity index (χ0n) is 11.7. The number of primary amides is 1. The van der Waals surface area contributed by atoms with E-state index in [0.29, 0.717) is 6.42 Å². The topological polar surface area (TPSA) is 64.3 Å². The number of hydrogen-bond donors (Lipinski definition) is 2. The molecule has 0 aliphatic rings. The Kier molecular flexibility index (Phi) is 8.17. The summed E-state index contributed by atoms with van der Waals surface area (Å²) in [6, 6.07) is 0. The van der Waals surface area contributed by atoms with Crippen LogP contribution in [-0.2, 0) is 9.53 Å². The van der Waals surface area contributed by atoms with Gasteiger partial charge in [-0.3, -0.25) is 4.79 Å². The first-order valence-corrected chi connectivity index (χ1v) is 6.62. The third-order valence-corrected chi connectivity index (χ3v) is 2.96. The van der Waals surface area contributed by atoms with E-state index in [1.165, 1.54) is 12.8 Å². The molecule has 0 spiro atoms. The third-order valence-electron chi connectivity index (χ3n) is 2.96. The average molecular weight is 244 g/mol. The van der Waals surface area contributed by atoms with E-state index >= 15 is 0 Å². The lowest BCUT2D eigenvalue weighted by molar-refractivity contribution is -0.125. The normalized spacial score (nSPS) is 16.5. The summed E-state index contributed by atoms with van der Waals surface area (Å²) in [5, 5.41) is 3.14. The Morgan fingerprint density at radius 1 is 1.41 bits per heavy atom. The van der Waals surface area contributed by atoms with E-state index in [2.05, 4.69) is 12.2 Å². The molecule has 0 aromatic heterocycles. The molecule has 2 unspecified atom stereocenters. The van der Waals surface area contributed by atoms with Crippen molar-refractivity contribution in [2.24, 2.45) is 5.73 Å². The zero-order chi connectivity index (χ0) is 13.3. The fourth-order valence-corrected chi connectivity index (χ4v) is 1.92. The lowest BCUT2D eigenvalue weighted by Crippen LogP contribution is -2.54. The van der Waals surface area contributed by atoms with Crippen molar-refractivity contribution >= 4 is 5.91 Å². The largest absolute Gasteiger partial charge is 0.378 e. The Morgan fingerprint density at radius 2 is 2.06 bits per heavy atom. The van der Waals surface area contributed by atoms with Crippen LogP contribution in [0.4, 0.5) is 0 Å². The molecule has 0 saturated heterocycles. The van der Waals surface area contributed by atoms with Gasteiger partial charge in [-0.2, -0.15) is 0 Å². The van der Waals surface area contributed by atoms with Crippen LogP contribution in [0.15, 0.2) is 0 Å². The quantitative estimate of drug-likeness (QED) is 0.576. The van der Waals surface area contributed by atoms with Crippen LogP contribution in [0.25, 0.3) is 0 Å². The molecule has 4 heteroatoms. The second-order valence-electron chi connectivity index (χ2n) is 4.82. The molecule has 3 N–H and O–H groups in total. The molecule has 0 heterocycles. The van der Waals surface area contributed by atoms with Crippen molar-refractivity contribution < 1.29 is 9.53 Å². The highest BCUT2D eigenvalue weighted by molar-refractivity contribution is 5.84. The van der Waals surface area contributed by atoms with Crippen molar-refractivity contribution in [2.75, 3.05) is 13.2 Å². The fraction of sp³-hybridized carbons (Fsp3) is 0.923. The van der Waals surface area contributed by atoms with Gasteiger partial charge in [-0.25, -0.2) is 0 Å². The Balaban J connectivity index is 4.04. The number of hydrogen-bond acceptors (Lipinski definition) is 3. The van der Waals surface area contributed by atoms with Gasteiger partial charge in [-0.1, -0.05) is 26.7 Å². The summed E-state index contributed by atoms with van der Waals surface area (Å²) in [7, 11) is 0. The highest BCUT2D eigenvalue weighted by Gasteiger charge is 2.31. The molecule has 0 aromatic rings. The van der Waals surface area contributed by atoms with E-state index in [4.69, 9.17) is 10.5 Å². The maximum Gasteiger partial charge on any atom is 0.237 e. The van der Waals surface area contributed by atoms with Gasteiger partial charge in [0.1, 0.15) is 0 Å². The number of likely N-dealkylation sites (N-methyl/N-ethyl adjacent to an activating group) is 1. The zero-order valence-corrected chi connectivity index (χ0v) is 11.7. The summed E-state index contributed by atoms with van der Waals surface area (Å²) in [6.07, 6.45) is 4.11. The van der Waals surface area contributed by atoms with Gasteiger partial charge in [0.2, 0.25) is 5.91 Å². The van der Waals surface area contributed by atoms with Gasteiger partial charge in [-0.05, 0) is 26.8 Å². The van der Waals surface area contributed by atoms with Gasteiger partial charge in [0.25, 0.3) is 0 Å². The first-order chi connectivity index (χ1) is 7.96. The number of nitrogens with two attached hydrogens (primary N) is 1. The molecule has 0 aromatic carbocycles. The van der Waals surface area contributed by atoms with Crippen LogP contribution >= 0.6 is 0 Å². The molecule has 1 amide bonds. The molecule has 0 rings (SSSR count). The lowest BCUT2D eigenvalue weighted by atomic mass is 9.94. The molecule has 0 radical (unpaired) electrons. The molecule has 0 aliphatic heterocycles. The van der Waals surface area contributed by atoms with E-state index in [1.54, 1.807) is 0 Å². The van der Waals surface area contributed by atoms with E-state index in [9.17, 15) is 4.79 Å². The standard InChI is InChI=1S/C13H28N2O2/c1-5-7-8-9-17-11(3)10-13(4,12(14)16)15-6-2/h11,15H,5-10H2,1-4H3,(H2,14,16). The SMILES string of the molecule is CCCCCOC(C)CC(C)(NCC)C(N)=O. The fourth-order valence-electron chi connectivity index (χ4n) is 1.92. The summed E-state index contributed by atoms with van der Waals surface area (Å²) >= 11 is 0. The number of rotatable bonds is 10. The van der Waals surface area contributed by atoms with Crippen LogP contribution in [0.5, 0.6) is 0 Å². The highest BCUT2D eigenvalue weighted by atomic mass is 16.5. The summed E-state index contributed by atoms with van der Waals surface area (Å²) in [4.78, 5) is 11.4. The van der Waals surface area contributed by atoms with Crippen molar-refractivity contribution in [1.29, 1.82) is 0 Å². The maximum absolute atomic E-state index is 11.4. The van der Waals surface area contributed by atoms with Crippen molar-refractivity contribution in [3.63, 3.8) is 0 Å². The first kappa shape index (κ1) is 16.4. The van der Waals surface area contributed by atoms with Crippen LogP contribution < -0.4 is 11.1 Å². The second-order valence-corrected chi connectivity index (χ2v) is 4.82. The Labute approximate surface area is 105 Å². The predicted octanol–water partition coefficient (Wildman–Crippen LogP) is 1.83. The van der Waals surface area contributed by atoms with Crippen LogP contribution in [0, 0.1) is 0 Å². The van der Waals surface area contributed by atoms with E-state index in [-0.39, 0.29) is 12.0 Å². The first-order valence-electron chi connectivity index (χ1n) is 6.62. The van der Waals surface area contributed by atoms with Gasteiger partial charge in [-0.15, -0.1) is 0 Å². The van der Waals surface area contributed by atoms with Crippen LogP contribution in [0.1, 0.15) is 53.4 Å². The number of carbonyl (C=O) groups excluding carboxylic acids is 1. The van der Waals surface area contributed by atoms with Gasteiger partial charge in [0, 0.05) is 13.0 Å². The molecule has 4 nitrogen and oxygen atoms in total. The minimum atomic E-state index is -0.668. The minimum Gasteiger partial charge on any atom is -0.378 e. The van der Waals surface area contributed by atoms with Crippen molar-refractivity contribution in [3.8, 4) is 0 Å². The van der Waals surface area contributed by atoms with E-state index in [1.807, 2.05) is 20.8 Å². The van der Waals surface area contributed by atoms with Gasteiger partial charge >= 0.3 is 0 Å². The van der Waals surface area contributed by atoms with Gasteiger partial charge < -0.3 is 15.8 Å². The molecular weight excluding hydrogens is 216 g/mol. The lowest BCUT2D eigenvalue weighted by Gasteiger charge is -2.29. The van der Waals surface area contributed by atoms with E-state index < -0.39 is 5.54 Å². The Morgan fingerprint density at radius 3 is 2.53 bits per heavy atom. The number of nitrogens with one attached hydrogen (secondary N) is 1. The van der Waals surface area contributed by atoms with E-state index in [0.717, 1.165) is 19.6 Å². The van der Waals surface area contributed by atoms with Gasteiger partial charge in [0.15, 0.2) is 0 Å². The number of ether oxygens (including phenoxy) is 1. The van der Waals surface area contributed by atoms with Crippen molar-refractivity contribution in [2.45, 2.75) is 65.0 Å². The predicted molar refractivity (Wildman–Crippen MR) is 70.8 cm³/mol. The summed E-state index contributed by atoms with van der Waals surface area (Å²) < 4.78 is 5.69. The van der Waals surface area contributed by atoms with Crippen LogP contribution in [0.2, 0.25) is 0 Å². The molecule has 17 heavy (non-hydrogen) atoms. The molecule has 0 fully saturated rings. The molecule has 102 valence electrons. The molecule has 0 aliphatic carbocycles. The van der Waals surface area contributed by atoms with Crippen LogP contribution in [-0.4, -0.2) is 30.7 Å². The summed E-state index contributed by atoms with van der Waals surface area (Å²) in [5.74, 6) is -0.316. The maximum atomic E-state index is 11.4. The highest BCUT2D eigenvalue weighted by Crippen LogP contribution is 2.14.